The standard InChI is InChI=1S/C12H21N7OS/c1-8(2)11-14-10(20-16-11)7-21-12-15-17-18-19(12)6-5-13-9(3)4/h8-9,13H,5-7H2,1-4H3. The van der Waals surface area contributed by atoms with Crippen molar-refractivity contribution in [3.8, 4) is 0 Å². The summed E-state index contributed by atoms with van der Waals surface area (Å²) in [5.74, 6) is 2.15. The summed E-state index contributed by atoms with van der Waals surface area (Å²) in [6.07, 6.45) is 0. The normalized spacial score (nSPS) is 11.7. The third-order valence-electron chi connectivity index (χ3n) is 2.70. The first-order valence-corrected chi connectivity index (χ1v) is 7.99. The maximum absolute atomic E-state index is 5.20. The van der Waals surface area contributed by atoms with Crippen LogP contribution in [0.5, 0.6) is 0 Å². The second-order valence-electron chi connectivity index (χ2n) is 5.28. The number of hydrogen-bond acceptors (Lipinski definition) is 8. The Labute approximate surface area is 128 Å². The maximum Gasteiger partial charge on any atom is 0.237 e. The van der Waals surface area contributed by atoms with Crippen LogP contribution >= 0.6 is 11.8 Å². The molecule has 0 atom stereocenters. The molecule has 8 nitrogen and oxygen atoms in total. The van der Waals surface area contributed by atoms with E-state index in [4.69, 9.17) is 4.52 Å². The summed E-state index contributed by atoms with van der Waals surface area (Å²) < 4.78 is 6.98. The predicted octanol–water partition coefficient (Wildman–Crippen LogP) is 1.47. The van der Waals surface area contributed by atoms with Crippen LogP contribution in [0.1, 0.15) is 45.3 Å². The lowest BCUT2D eigenvalue weighted by atomic mass is 10.2. The van der Waals surface area contributed by atoms with E-state index in [9.17, 15) is 0 Å². The molecule has 2 heterocycles. The molecule has 0 amide bonds. The average molecular weight is 311 g/mol. The van der Waals surface area contributed by atoms with Gasteiger partial charge in [-0.2, -0.15) is 4.98 Å². The van der Waals surface area contributed by atoms with E-state index < -0.39 is 0 Å². The van der Waals surface area contributed by atoms with Gasteiger partial charge in [0.05, 0.1) is 12.3 Å². The molecule has 0 radical (unpaired) electrons. The lowest BCUT2D eigenvalue weighted by Crippen LogP contribution is -2.27. The fourth-order valence-corrected chi connectivity index (χ4v) is 2.33. The van der Waals surface area contributed by atoms with Gasteiger partial charge in [0.1, 0.15) is 0 Å². The van der Waals surface area contributed by atoms with Gasteiger partial charge in [0.2, 0.25) is 11.0 Å². The molecule has 0 saturated heterocycles. The molecule has 0 aliphatic rings. The van der Waals surface area contributed by atoms with Gasteiger partial charge in [0, 0.05) is 18.5 Å². The van der Waals surface area contributed by atoms with Crippen molar-refractivity contribution in [2.45, 2.75) is 57.1 Å². The molecule has 0 spiro atoms. The summed E-state index contributed by atoms with van der Waals surface area (Å²) in [7, 11) is 0. The van der Waals surface area contributed by atoms with Crippen molar-refractivity contribution in [1.82, 2.24) is 35.7 Å². The SMILES string of the molecule is CC(C)NCCn1nnnc1SCc1nc(C(C)C)no1. The van der Waals surface area contributed by atoms with Crippen LogP contribution in [0, 0.1) is 0 Å². The first kappa shape index (κ1) is 15.9. The van der Waals surface area contributed by atoms with Gasteiger partial charge in [0.25, 0.3) is 0 Å². The fraction of sp³-hybridized carbons (Fsp3) is 0.750. The molecule has 116 valence electrons. The Morgan fingerprint density at radius 1 is 1.29 bits per heavy atom. The topological polar surface area (TPSA) is 94.6 Å². The quantitative estimate of drug-likeness (QED) is 0.732. The highest BCUT2D eigenvalue weighted by Crippen LogP contribution is 2.20. The molecule has 0 aromatic carbocycles. The summed E-state index contributed by atoms with van der Waals surface area (Å²) in [6, 6.07) is 0.449. The number of tetrazole rings is 1. The fourth-order valence-electron chi connectivity index (χ4n) is 1.59. The van der Waals surface area contributed by atoms with Crippen molar-refractivity contribution in [1.29, 1.82) is 0 Å². The van der Waals surface area contributed by atoms with Crippen molar-refractivity contribution in [3.05, 3.63) is 11.7 Å². The summed E-state index contributed by atoms with van der Waals surface area (Å²) in [6.45, 7) is 9.84. The molecular formula is C12H21N7OS. The Kier molecular flexibility index (Phi) is 5.68. The summed E-state index contributed by atoms with van der Waals surface area (Å²) in [5.41, 5.74) is 0. The van der Waals surface area contributed by atoms with E-state index in [2.05, 4.69) is 44.8 Å². The van der Waals surface area contributed by atoms with E-state index in [0.29, 0.717) is 17.7 Å². The molecule has 0 unspecified atom stereocenters. The summed E-state index contributed by atoms with van der Waals surface area (Å²) in [4.78, 5) is 4.34. The first-order valence-electron chi connectivity index (χ1n) is 7.01. The van der Waals surface area contributed by atoms with Crippen molar-refractivity contribution < 1.29 is 4.52 Å². The molecule has 0 aliphatic heterocycles. The Bertz CT molecular complexity index is 551. The number of nitrogens with zero attached hydrogens (tertiary/aromatic N) is 6. The molecule has 2 aromatic rings. The van der Waals surface area contributed by atoms with E-state index in [-0.39, 0.29) is 5.92 Å². The molecule has 21 heavy (non-hydrogen) atoms. The van der Waals surface area contributed by atoms with Gasteiger partial charge >= 0.3 is 0 Å². The number of hydrogen-bond donors (Lipinski definition) is 1. The zero-order valence-electron chi connectivity index (χ0n) is 12.8. The minimum Gasteiger partial charge on any atom is -0.338 e. The van der Waals surface area contributed by atoms with Gasteiger partial charge in [-0.05, 0) is 10.4 Å². The third-order valence-corrected chi connectivity index (χ3v) is 3.64. The Balaban J connectivity index is 1.86. The largest absolute Gasteiger partial charge is 0.338 e. The second kappa shape index (κ2) is 7.51. The predicted molar refractivity (Wildman–Crippen MR) is 78.9 cm³/mol. The van der Waals surface area contributed by atoms with Crippen LogP contribution < -0.4 is 5.32 Å². The van der Waals surface area contributed by atoms with E-state index in [1.54, 1.807) is 4.68 Å². The van der Waals surface area contributed by atoms with Crippen LogP contribution in [0.15, 0.2) is 9.68 Å². The van der Waals surface area contributed by atoms with Crippen LogP contribution in [0.3, 0.4) is 0 Å². The molecule has 0 bridgehead atoms. The highest BCUT2D eigenvalue weighted by Gasteiger charge is 2.12. The second-order valence-corrected chi connectivity index (χ2v) is 6.23. The Hall–Kier alpha value is -1.48. The molecule has 0 saturated carbocycles. The lowest BCUT2D eigenvalue weighted by Gasteiger charge is -2.08. The van der Waals surface area contributed by atoms with E-state index in [1.165, 1.54) is 11.8 Å². The number of thioether (sulfide) groups is 1. The minimum absolute atomic E-state index is 0.264. The molecule has 1 N–H and O–H groups in total. The molecule has 2 aromatic heterocycles. The minimum atomic E-state index is 0.264. The molecular weight excluding hydrogens is 290 g/mol. The van der Waals surface area contributed by atoms with Crippen LogP contribution in [0.4, 0.5) is 0 Å². The van der Waals surface area contributed by atoms with Crippen LogP contribution in [-0.2, 0) is 12.3 Å². The highest BCUT2D eigenvalue weighted by molar-refractivity contribution is 7.98. The van der Waals surface area contributed by atoms with Crippen molar-refractivity contribution in [2.24, 2.45) is 0 Å². The molecule has 2 rings (SSSR count). The Morgan fingerprint density at radius 2 is 2.10 bits per heavy atom. The van der Waals surface area contributed by atoms with Gasteiger partial charge in [-0.1, -0.05) is 44.6 Å². The number of aromatic nitrogens is 6. The average Bonchev–Trinajstić information content (AvgIpc) is 3.04. The number of nitrogens with one attached hydrogen (secondary N) is 1. The lowest BCUT2D eigenvalue weighted by molar-refractivity contribution is 0.382. The van der Waals surface area contributed by atoms with Crippen LogP contribution in [0.2, 0.25) is 0 Å². The van der Waals surface area contributed by atoms with Crippen LogP contribution in [-0.4, -0.2) is 42.9 Å². The smallest absolute Gasteiger partial charge is 0.237 e. The van der Waals surface area contributed by atoms with Crippen molar-refractivity contribution >= 4 is 11.8 Å². The van der Waals surface area contributed by atoms with E-state index >= 15 is 0 Å². The monoisotopic (exact) mass is 311 g/mol. The van der Waals surface area contributed by atoms with Gasteiger partial charge < -0.3 is 9.84 Å². The van der Waals surface area contributed by atoms with Gasteiger partial charge in [-0.3, -0.25) is 0 Å². The van der Waals surface area contributed by atoms with Crippen LogP contribution in [0.25, 0.3) is 0 Å². The maximum atomic E-state index is 5.20. The zero-order chi connectivity index (χ0) is 15.2. The third kappa shape index (κ3) is 4.78. The van der Waals surface area contributed by atoms with Gasteiger partial charge in [-0.15, -0.1) is 5.10 Å². The molecule has 9 heteroatoms. The Morgan fingerprint density at radius 3 is 2.76 bits per heavy atom. The highest BCUT2D eigenvalue weighted by atomic mass is 32.2. The zero-order valence-corrected chi connectivity index (χ0v) is 13.6. The van der Waals surface area contributed by atoms with Crippen molar-refractivity contribution in [3.63, 3.8) is 0 Å². The summed E-state index contributed by atoms with van der Waals surface area (Å²) >= 11 is 1.49. The molecule has 0 aliphatic carbocycles. The van der Waals surface area contributed by atoms with Crippen molar-refractivity contribution in [2.75, 3.05) is 6.54 Å². The van der Waals surface area contributed by atoms with Gasteiger partial charge in [0.15, 0.2) is 5.82 Å². The van der Waals surface area contributed by atoms with Gasteiger partial charge in [-0.25, -0.2) is 4.68 Å². The van der Waals surface area contributed by atoms with E-state index in [1.807, 2.05) is 13.8 Å². The summed E-state index contributed by atoms with van der Waals surface area (Å²) in [5, 5.41) is 19.7. The number of rotatable bonds is 8. The van der Waals surface area contributed by atoms with E-state index in [0.717, 1.165) is 24.1 Å². The first-order chi connectivity index (χ1) is 10.1. The molecule has 0 fully saturated rings.